The van der Waals surface area contributed by atoms with Crippen molar-refractivity contribution in [3.8, 4) is 22.0 Å². The van der Waals surface area contributed by atoms with Gasteiger partial charge in [0.05, 0.1) is 16.8 Å². The lowest BCUT2D eigenvalue weighted by Gasteiger charge is -2.01. The van der Waals surface area contributed by atoms with Crippen LogP contribution < -0.4 is 0 Å². The summed E-state index contributed by atoms with van der Waals surface area (Å²) in [5.74, 6) is -0.325. The predicted octanol–water partition coefficient (Wildman–Crippen LogP) is 5.52. The molecule has 0 radical (unpaired) electrons. The van der Waals surface area contributed by atoms with Crippen LogP contribution in [0.15, 0.2) is 60.8 Å². The van der Waals surface area contributed by atoms with E-state index in [1.807, 2.05) is 52.9 Å². The second-order valence-electron chi connectivity index (χ2n) is 6.13. The maximum absolute atomic E-state index is 12.2. The average Bonchev–Trinajstić information content (AvgIpc) is 3.40. The molecule has 0 N–H and O–H groups in total. The molecule has 0 aliphatic carbocycles. The van der Waals surface area contributed by atoms with Crippen molar-refractivity contribution in [2.75, 3.05) is 6.61 Å². The number of ether oxygens (including phenoxy) is 1. The molecule has 5 rings (SSSR count). The molecular formula is C21H15N3O2S2. The molecule has 0 amide bonds. The third-order valence-electron chi connectivity index (χ3n) is 4.35. The Balaban J connectivity index is 1.76. The molecule has 5 nitrogen and oxygen atoms in total. The molecule has 0 atom stereocenters. The first kappa shape index (κ1) is 17.1. The summed E-state index contributed by atoms with van der Waals surface area (Å²) in [7, 11) is 0. The van der Waals surface area contributed by atoms with E-state index in [1.165, 1.54) is 11.3 Å². The van der Waals surface area contributed by atoms with Gasteiger partial charge < -0.3 is 4.74 Å². The number of rotatable bonds is 4. The van der Waals surface area contributed by atoms with Crippen molar-refractivity contribution in [3.05, 3.63) is 65.7 Å². The van der Waals surface area contributed by atoms with Crippen LogP contribution in [0.25, 0.3) is 37.1 Å². The summed E-state index contributed by atoms with van der Waals surface area (Å²) in [6.07, 6.45) is 1.80. The SMILES string of the molecule is CCOC(=O)c1cn2c(-c3nc4ccccc4s3)c(-c3ccccc3)nc2s1. The van der Waals surface area contributed by atoms with Crippen LogP contribution in [0.4, 0.5) is 0 Å². The van der Waals surface area contributed by atoms with Crippen molar-refractivity contribution in [1.82, 2.24) is 14.4 Å². The third kappa shape index (κ3) is 2.80. The lowest BCUT2D eigenvalue weighted by Crippen LogP contribution is -2.02. The monoisotopic (exact) mass is 405 g/mol. The highest BCUT2D eigenvalue weighted by Crippen LogP contribution is 2.38. The minimum atomic E-state index is -0.325. The Morgan fingerprint density at radius 2 is 1.82 bits per heavy atom. The van der Waals surface area contributed by atoms with E-state index >= 15 is 0 Å². The second-order valence-corrected chi connectivity index (χ2v) is 8.17. The summed E-state index contributed by atoms with van der Waals surface area (Å²) < 4.78 is 8.23. The third-order valence-corrected chi connectivity index (χ3v) is 6.35. The standard InChI is InChI=1S/C21H15N3O2S2/c1-2-26-20(25)16-12-24-18(19-22-14-10-6-7-11-15(14)27-19)17(23-21(24)28-16)13-8-4-3-5-9-13/h3-12H,2H2,1H3. The number of imidazole rings is 1. The Hall–Kier alpha value is -3.03. The van der Waals surface area contributed by atoms with Crippen LogP contribution >= 0.6 is 22.7 Å². The van der Waals surface area contributed by atoms with Crippen molar-refractivity contribution in [3.63, 3.8) is 0 Å². The number of carbonyl (C=O) groups is 1. The van der Waals surface area contributed by atoms with Gasteiger partial charge in [-0.05, 0) is 19.1 Å². The molecule has 0 aliphatic heterocycles. The van der Waals surface area contributed by atoms with Crippen LogP contribution in [0.3, 0.4) is 0 Å². The van der Waals surface area contributed by atoms with Crippen molar-refractivity contribution in [2.24, 2.45) is 0 Å². The molecule has 0 unspecified atom stereocenters. The molecule has 0 saturated heterocycles. The van der Waals surface area contributed by atoms with Crippen molar-refractivity contribution < 1.29 is 9.53 Å². The maximum Gasteiger partial charge on any atom is 0.349 e. The molecule has 0 fully saturated rings. The number of benzene rings is 2. The van der Waals surface area contributed by atoms with Crippen LogP contribution in [-0.2, 0) is 4.74 Å². The first-order valence-electron chi connectivity index (χ1n) is 8.85. The van der Waals surface area contributed by atoms with Gasteiger partial charge in [0.25, 0.3) is 0 Å². The molecule has 7 heteroatoms. The molecule has 0 spiro atoms. The number of fused-ring (bicyclic) bond motifs is 2. The van der Waals surface area contributed by atoms with Crippen molar-refractivity contribution in [1.29, 1.82) is 0 Å². The van der Waals surface area contributed by atoms with E-state index < -0.39 is 0 Å². The van der Waals surface area contributed by atoms with Gasteiger partial charge in [-0.2, -0.15) is 0 Å². The molecule has 138 valence electrons. The van der Waals surface area contributed by atoms with E-state index in [9.17, 15) is 4.79 Å². The van der Waals surface area contributed by atoms with Crippen LogP contribution in [-0.4, -0.2) is 26.9 Å². The summed E-state index contributed by atoms with van der Waals surface area (Å²) >= 11 is 2.95. The maximum atomic E-state index is 12.2. The average molecular weight is 406 g/mol. The van der Waals surface area contributed by atoms with Crippen LogP contribution in [0.2, 0.25) is 0 Å². The highest BCUT2D eigenvalue weighted by molar-refractivity contribution is 7.21. The van der Waals surface area contributed by atoms with Crippen LogP contribution in [0.5, 0.6) is 0 Å². The molecule has 2 aromatic carbocycles. The Bertz CT molecular complexity index is 1270. The largest absolute Gasteiger partial charge is 0.462 e. The quantitative estimate of drug-likeness (QED) is 0.370. The number of thiazole rings is 2. The highest BCUT2D eigenvalue weighted by atomic mass is 32.1. The minimum absolute atomic E-state index is 0.325. The fraction of sp³-hybridized carbons (Fsp3) is 0.0952. The number of esters is 1. The first-order valence-corrected chi connectivity index (χ1v) is 10.5. The first-order chi connectivity index (χ1) is 13.7. The van der Waals surface area contributed by atoms with Gasteiger partial charge in [0, 0.05) is 11.8 Å². The van der Waals surface area contributed by atoms with E-state index in [0.717, 1.165) is 37.1 Å². The van der Waals surface area contributed by atoms with Gasteiger partial charge in [-0.25, -0.2) is 14.8 Å². The smallest absolute Gasteiger partial charge is 0.349 e. The fourth-order valence-electron chi connectivity index (χ4n) is 3.12. The number of hydrogen-bond acceptors (Lipinski definition) is 6. The van der Waals surface area contributed by atoms with Gasteiger partial charge in [0.1, 0.15) is 21.3 Å². The minimum Gasteiger partial charge on any atom is -0.462 e. The molecule has 5 aromatic rings. The predicted molar refractivity (Wildman–Crippen MR) is 113 cm³/mol. The fourth-order valence-corrected chi connectivity index (χ4v) is 5.00. The summed E-state index contributed by atoms with van der Waals surface area (Å²) in [5, 5.41) is 0.876. The molecule has 0 saturated carbocycles. The van der Waals surface area contributed by atoms with E-state index in [2.05, 4.69) is 6.07 Å². The van der Waals surface area contributed by atoms with E-state index in [-0.39, 0.29) is 5.97 Å². The highest BCUT2D eigenvalue weighted by Gasteiger charge is 2.23. The van der Waals surface area contributed by atoms with E-state index in [0.29, 0.717) is 11.5 Å². The number of para-hydroxylation sites is 1. The lowest BCUT2D eigenvalue weighted by atomic mass is 10.1. The normalized spacial score (nSPS) is 11.3. The molecule has 3 heterocycles. The van der Waals surface area contributed by atoms with E-state index in [4.69, 9.17) is 14.7 Å². The number of aromatic nitrogens is 3. The zero-order valence-electron chi connectivity index (χ0n) is 15.0. The topological polar surface area (TPSA) is 56.5 Å². The second kappa shape index (κ2) is 6.85. The van der Waals surface area contributed by atoms with Gasteiger partial charge in [0.2, 0.25) is 0 Å². The summed E-state index contributed by atoms with van der Waals surface area (Å²) in [4.78, 5) is 23.1. The molecule has 3 aromatic heterocycles. The number of hydrogen-bond donors (Lipinski definition) is 0. The summed E-state index contributed by atoms with van der Waals surface area (Å²) in [6, 6.07) is 18.1. The number of nitrogens with zero attached hydrogens (tertiary/aromatic N) is 3. The molecular weight excluding hydrogens is 390 g/mol. The molecule has 28 heavy (non-hydrogen) atoms. The lowest BCUT2D eigenvalue weighted by molar-refractivity contribution is 0.0531. The van der Waals surface area contributed by atoms with Gasteiger partial charge in [-0.15, -0.1) is 11.3 Å². The van der Waals surface area contributed by atoms with Gasteiger partial charge >= 0.3 is 5.97 Å². The Morgan fingerprint density at radius 1 is 1.04 bits per heavy atom. The Morgan fingerprint density at radius 3 is 2.61 bits per heavy atom. The zero-order valence-corrected chi connectivity index (χ0v) is 16.6. The summed E-state index contributed by atoms with van der Waals surface area (Å²) in [5.41, 5.74) is 3.73. The van der Waals surface area contributed by atoms with E-state index in [1.54, 1.807) is 24.5 Å². The van der Waals surface area contributed by atoms with Crippen molar-refractivity contribution >= 4 is 43.8 Å². The molecule has 0 bridgehead atoms. The summed E-state index contributed by atoms with van der Waals surface area (Å²) in [6.45, 7) is 2.15. The molecule has 0 aliphatic rings. The van der Waals surface area contributed by atoms with Gasteiger partial charge in [-0.1, -0.05) is 53.8 Å². The van der Waals surface area contributed by atoms with Crippen LogP contribution in [0.1, 0.15) is 16.6 Å². The Labute approximate surface area is 168 Å². The van der Waals surface area contributed by atoms with Crippen molar-refractivity contribution in [2.45, 2.75) is 6.92 Å². The zero-order chi connectivity index (χ0) is 19.1. The van der Waals surface area contributed by atoms with Crippen LogP contribution in [0, 0.1) is 0 Å². The van der Waals surface area contributed by atoms with Gasteiger partial charge in [-0.3, -0.25) is 4.40 Å². The number of carbonyl (C=O) groups excluding carboxylic acids is 1. The Kier molecular flexibility index (Phi) is 4.18. The van der Waals surface area contributed by atoms with Gasteiger partial charge in [0.15, 0.2) is 4.96 Å².